The second-order valence-corrected chi connectivity index (χ2v) is 9.68. The van der Waals surface area contributed by atoms with E-state index in [0.29, 0.717) is 25.4 Å². The Hall–Kier alpha value is -0.650. The molecule has 0 bridgehead atoms. The molecule has 0 aromatic rings. The Bertz CT molecular complexity index is 578. The van der Waals surface area contributed by atoms with E-state index >= 15 is 0 Å². The maximum atomic E-state index is 11.7. The van der Waals surface area contributed by atoms with Crippen LogP contribution in [0.3, 0.4) is 0 Å². The number of aliphatic hydroxyl groups excluding tert-OH is 2. The lowest BCUT2D eigenvalue weighted by Gasteiger charge is -2.65. The highest BCUT2D eigenvalue weighted by molar-refractivity contribution is 5.73. The SMILES string of the molecule is C[C@H]1CC[C@H]2[C@@](C)(CO)[C@H](O)CC[C@]2(C)[C@]12CC[C@@]1(COC(=O)C1)O2. The van der Waals surface area contributed by atoms with Gasteiger partial charge in [-0.05, 0) is 50.4 Å². The number of ether oxygens (including phenoxy) is 2. The van der Waals surface area contributed by atoms with Gasteiger partial charge in [-0.15, -0.1) is 0 Å². The zero-order chi connectivity index (χ0) is 18.1. The number of hydrogen-bond acceptors (Lipinski definition) is 5. The summed E-state index contributed by atoms with van der Waals surface area (Å²) in [6, 6.07) is 0. The summed E-state index contributed by atoms with van der Waals surface area (Å²) in [4.78, 5) is 11.7. The lowest BCUT2D eigenvalue weighted by atomic mass is 9.43. The van der Waals surface area contributed by atoms with Crippen LogP contribution in [0.4, 0.5) is 0 Å². The van der Waals surface area contributed by atoms with Gasteiger partial charge < -0.3 is 19.7 Å². The maximum Gasteiger partial charge on any atom is 0.308 e. The number of esters is 1. The molecule has 4 aliphatic rings. The minimum atomic E-state index is -0.485. The summed E-state index contributed by atoms with van der Waals surface area (Å²) in [5.41, 5.74) is -1.33. The average Bonchev–Trinajstić information content (AvgIpc) is 3.14. The maximum absolute atomic E-state index is 11.7. The van der Waals surface area contributed by atoms with Crippen LogP contribution in [0.25, 0.3) is 0 Å². The number of fused-ring (bicyclic) bond motifs is 2. The third-order valence-corrected chi connectivity index (χ3v) is 8.57. The molecule has 2 saturated heterocycles. The van der Waals surface area contributed by atoms with E-state index in [0.717, 1.165) is 32.1 Å². The van der Waals surface area contributed by atoms with Gasteiger partial charge in [-0.2, -0.15) is 0 Å². The zero-order valence-corrected chi connectivity index (χ0v) is 15.7. The molecule has 2 N–H and O–H groups in total. The molecule has 5 heteroatoms. The van der Waals surface area contributed by atoms with E-state index in [1.807, 2.05) is 6.92 Å². The van der Waals surface area contributed by atoms with Gasteiger partial charge in [-0.3, -0.25) is 4.79 Å². The molecule has 0 aromatic heterocycles. The molecule has 2 saturated carbocycles. The standard InChI is InChI=1S/C20H32O5/c1-13-4-5-14-17(2,11-21)15(22)6-7-18(14,3)20(13)9-8-19(25-20)10-16(23)24-12-19/h13-15,21-22H,4-12H2,1-3H3/t13-,14-,15+,17+,18-,19+,20-/m0/s1. The van der Waals surface area contributed by atoms with Crippen LogP contribution in [0.2, 0.25) is 0 Å². The number of cyclic esters (lactones) is 1. The predicted molar refractivity (Wildman–Crippen MR) is 91.8 cm³/mol. The van der Waals surface area contributed by atoms with Crippen molar-refractivity contribution in [3.05, 3.63) is 0 Å². The highest BCUT2D eigenvalue weighted by atomic mass is 16.6. The van der Waals surface area contributed by atoms with Crippen LogP contribution in [-0.4, -0.2) is 46.7 Å². The second kappa shape index (κ2) is 5.43. The second-order valence-electron chi connectivity index (χ2n) is 9.68. The Morgan fingerprint density at radius 2 is 1.92 bits per heavy atom. The summed E-state index contributed by atoms with van der Waals surface area (Å²) in [5, 5.41) is 20.8. The molecule has 4 rings (SSSR count). The number of rotatable bonds is 1. The van der Waals surface area contributed by atoms with Crippen molar-refractivity contribution in [3.63, 3.8) is 0 Å². The largest absolute Gasteiger partial charge is 0.463 e. The van der Waals surface area contributed by atoms with Crippen LogP contribution in [0.1, 0.15) is 65.7 Å². The van der Waals surface area contributed by atoms with E-state index in [9.17, 15) is 15.0 Å². The first-order valence-corrected chi connectivity index (χ1v) is 9.86. The zero-order valence-electron chi connectivity index (χ0n) is 15.7. The van der Waals surface area contributed by atoms with Crippen molar-refractivity contribution in [2.75, 3.05) is 13.2 Å². The fourth-order valence-electron chi connectivity index (χ4n) is 6.94. The molecule has 5 nitrogen and oxygen atoms in total. The Morgan fingerprint density at radius 1 is 1.16 bits per heavy atom. The highest BCUT2D eigenvalue weighted by Crippen LogP contribution is 2.68. The fraction of sp³-hybridized carbons (Fsp3) is 0.950. The van der Waals surface area contributed by atoms with Crippen LogP contribution in [0, 0.1) is 22.7 Å². The Balaban J connectivity index is 1.74. The summed E-state index contributed by atoms with van der Waals surface area (Å²) in [6.07, 6.45) is 5.36. The van der Waals surface area contributed by atoms with E-state index in [1.165, 1.54) is 0 Å². The van der Waals surface area contributed by atoms with Gasteiger partial charge in [0.1, 0.15) is 12.2 Å². The number of carbonyl (C=O) groups is 1. The summed E-state index contributed by atoms with van der Waals surface area (Å²) in [5.74, 6) is 0.474. The molecule has 0 unspecified atom stereocenters. The normalized spacial score (nSPS) is 55.6. The number of carbonyl (C=O) groups excluding carboxylic acids is 1. The molecule has 0 amide bonds. The molecule has 2 aliphatic carbocycles. The van der Waals surface area contributed by atoms with Crippen molar-refractivity contribution in [2.24, 2.45) is 22.7 Å². The van der Waals surface area contributed by atoms with Gasteiger partial charge >= 0.3 is 5.97 Å². The molecule has 0 aromatic carbocycles. The van der Waals surface area contributed by atoms with Crippen LogP contribution >= 0.6 is 0 Å². The molecule has 142 valence electrons. The van der Waals surface area contributed by atoms with Gasteiger partial charge in [0.2, 0.25) is 0 Å². The minimum Gasteiger partial charge on any atom is -0.463 e. The third kappa shape index (κ3) is 2.15. The molecule has 4 fully saturated rings. The van der Waals surface area contributed by atoms with E-state index in [4.69, 9.17) is 9.47 Å². The first kappa shape index (κ1) is 17.7. The minimum absolute atomic E-state index is 0.00558. The van der Waals surface area contributed by atoms with Crippen molar-refractivity contribution in [1.82, 2.24) is 0 Å². The van der Waals surface area contributed by atoms with E-state index in [-0.39, 0.29) is 29.5 Å². The first-order valence-electron chi connectivity index (χ1n) is 9.86. The van der Waals surface area contributed by atoms with E-state index in [1.54, 1.807) is 0 Å². The summed E-state index contributed by atoms with van der Waals surface area (Å²) in [6.45, 7) is 7.01. The third-order valence-electron chi connectivity index (χ3n) is 8.57. The van der Waals surface area contributed by atoms with Crippen LogP contribution in [0.15, 0.2) is 0 Å². The lowest BCUT2D eigenvalue weighted by Crippen LogP contribution is -2.66. The molecular formula is C20H32O5. The fourth-order valence-corrected chi connectivity index (χ4v) is 6.94. The lowest BCUT2D eigenvalue weighted by molar-refractivity contribution is -0.266. The van der Waals surface area contributed by atoms with Crippen molar-refractivity contribution < 1.29 is 24.5 Å². The topological polar surface area (TPSA) is 76.0 Å². The quantitative estimate of drug-likeness (QED) is 0.709. The Kier molecular flexibility index (Phi) is 3.85. The highest BCUT2D eigenvalue weighted by Gasteiger charge is 2.69. The number of hydrogen-bond donors (Lipinski definition) is 2. The molecule has 2 spiro atoms. The Labute approximate surface area is 150 Å². The van der Waals surface area contributed by atoms with Crippen molar-refractivity contribution >= 4 is 5.97 Å². The molecular weight excluding hydrogens is 320 g/mol. The molecule has 2 heterocycles. The monoisotopic (exact) mass is 352 g/mol. The molecule has 2 aliphatic heterocycles. The smallest absolute Gasteiger partial charge is 0.308 e. The summed E-state index contributed by atoms with van der Waals surface area (Å²) >= 11 is 0. The van der Waals surface area contributed by atoms with Crippen LogP contribution in [-0.2, 0) is 14.3 Å². The van der Waals surface area contributed by atoms with Gasteiger partial charge in [0.05, 0.1) is 24.7 Å². The van der Waals surface area contributed by atoms with E-state index in [2.05, 4.69) is 13.8 Å². The van der Waals surface area contributed by atoms with Crippen molar-refractivity contribution in [1.29, 1.82) is 0 Å². The molecule has 25 heavy (non-hydrogen) atoms. The average molecular weight is 352 g/mol. The van der Waals surface area contributed by atoms with Crippen molar-refractivity contribution in [2.45, 2.75) is 83.0 Å². The number of aliphatic hydroxyl groups is 2. The summed E-state index contributed by atoms with van der Waals surface area (Å²) in [7, 11) is 0. The first-order chi connectivity index (χ1) is 11.7. The van der Waals surface area contributed by atoms with Gasteiger partial charge in [0.25, 0.3) is 0 Å². The van der Waals surface area contributed by atoms with Crippen LogP contribution in [0.5, 0.6) is 0 Å². The van der Waals surface area contributed by atoms with Gasteiger partial charge in [0, 0.05) is 10.8 Å². The predicted octanol–water partition coefficient (Wildman–Crippen LogP) is 2.43. The molecule has 0 radical (unpaired) electrons. The summed E-state index contributed by atoms with van der Waals surface area (Å²) < 4.78 is 12.1. The Morgan fingerprint density at radius 3 is 2.56 bits per heavy atom. The van der Waals surface area contributed by atoms with Gasteiger partial charge in [0.15, 0.2) is 0 Å². The van der Waals surface area contributed by atoms with Gasteiger partial charge in [-0.25, -0.2) is 0 Å². The van der Waals surface area contributed by atoms with Gasteiger partial charge in [-0.1, -0.05) is 20.8 Å². The van der Waals surface area contributed by atoms with Crippen molar-refractivity contribution in [3.8, 4) is 0 Å². The molecule has 7 atom stereocenters. The van der Waals surface area contributed by atoms with Crippen LogP contribution < -0.4 is 0 Å². The van der Waals surface area contributed by atoms with E-state index < -0.39 is 17.1 Å².